The molecule has 0 radical (unpaired) electrons. The van der Waals surface area contributed by atoms with Crippen LogP contribution in [0.1, 0.15) is 87.3 Å². The Labute approximate surface area is 264 Å². The highest BCUT2D eigenvalue weighted by atomic mass is 35.5. The minimum atomic E-state index is -3.67. The maximum absolute atomic E-state index is 13.8. The molecule has 0 aromatic heterocycles. The molecule has 1 aliphatic carbocycles. The van der Waals surface area contributed by atoms with E-state index in [1.807, 2.05) is 18.9 Å². The summed E-state index contributed by atoms with van der Waals surface area (Å²) in [5.74, 6) is 0.644. The van der Waals surface area contributed by atoms with Crippen molar-refractivity contribution < 1.29 is 13.2 Å². The van der Waals surface area contributed by atoms with Crippen LogP contribution in [0.4, 0.5) is 0 Å². The smallest absolute Gasteiger partial charge is 0.243 e. The molecule has 1 saturated carbocycles. The highest BCUT2D eigenvalue weighted by Crippen LogP contribution is 2.41. The van der Waals surface area contributed by atoms with E-state index < -0.39 is 10.0 Å². The predicted molar refractivity (Wildman–Crippen MR) is 175 cm³/mol. The second-order valence-corrected chi connectivity index (χ2v) is 15.7. The van der Waals surface area contributed by atoms with Crippen LogP contribution in [0.15, 0.2) is 47.4 Å². The Balaban J connectivity index is 1.16. The van der Waals surface area contributed by atoms with Crippen molar-refractivity contribution in [2.75, 3.05) is 33.2 Å². The Morgan fingerprint density at radius 1 is 0.953 bits per heavy atom. The summed E-state index contributed by atoms with van der Waals surface area (Å²) in [5.41, 5.74) is 3.10. The summed E-state index contributed by atoms with van der Waals surface area (Å²) < 4.78 is 29.2. The molecule has 0 bridgehead atoms. The first kappa shape index (κ1) is 32.5. The van der Waals surface area contributed by atoms with Crippen LogP contribution < -0.4 is 0 Å². The van der Waals surface area contributed by atoms with Gasteiger partial charge in [-0.05, 0) is 126 Å². The molecule has 1 amide bonds. The van der Waals surface area contributed by atoms with Crippen molar-refractivity contribution in [1.29, 1.82) is 0 Å². The molecule has 2 saturated heterocycles. The lowest BCUT2D eigenvalue weighted by molar-refractivity contribution is -0.131. The van der Waals surface area contributed by atoms with Gasteiger partial charge in [-0.3, -0.25) is 9.69 Å². The summed E-state index contributed by atoms with van der Waals surface area (Å²) in [5, 5.41) is 0.580. The number of piperidine rings is 1. The van der Waals surface area contributed by atoms with Crippen molar-refractivity contribution in [1.82, 2.24) is 14.1 Å². The molecule has 2 aliphatic heterocycles. The lowest BCUT2D eigenvalue weighted by Gasteiger charge is -2.47. The van der Waals surface area contributed by atoms with Gasteiger partial charge < -0.3 is 4.90 Å². The van der Waals surface area contributed by atoms with E-state index in [1.165, 1.54) is 44.3 Å². The van der Waals surface area contributed by atoms with E-state index in [0.29, 0.717) is 40.8 Å². The second-order valence-electron chi connectivity index (χ2n) is 13.5. The molecule has 2 heterocycles. The standard InChI is InChI=1S/C35H50ClN3O3S/c1-27-24-33(28(2)23-32(27)36)43(41,42)39-22-8-7-13-31(39)14-15-34(40)37(3)26-30-16-18-35(19-17-30,38-20-9-10-21-38)25-29-11-5-4-6-12-29/h4-6,11-12,23-24,30-31H,7-10,13-22,25-26H2,1-3H3. The van der Waals surface area contributed by atoms with E-state index in [4.69, 9.17) is 11.6 Å². The molecule has 236 valence electrons. The number of rotatable bonds is 10. The van der Waals surface area contributed by atoms with Crippen LogP contribution in [0.5, 0.6) is 0 Å². The molecule has 3 fully saturated rings. The highest BCUT2D eigenvalue weighted by Gasteiger charge is 2.41. The van der Waals surface area contributed by atoms with Crippen LogP contribution in [-0.4, -0.2) is 73.2 Å². The molecule has 43 heavy (non-hydrogen) atoms. The van der Waals surface area contributed by atoms with E-state index in [0.717, 1.165) is 50.6 Å². The van der Waals surface area contributed by atoms with E-state index in [9.17, 15) is 13.2 Å². The summed E-state index contributed by atoms with van der Waals surface area (Å²) in [6.07, 6.45) is 12.0. The zero-order chi connectivity index (χ0) is 30.6. The predicted octanol–water partition coefficient (Wildman–Crippen LogP) is 7.01. The maximum atomic E-state index is 13.8. The lowest BCUT2D eigenvalue weighted by atomic mass is 9.72. The Morgan fingerprint density at radius 2 is 1.63 bits per heavy atom. The van der Waals surface area contributed by atoms with Crippen LogP contribution in [0.25, 0.3) is 0 Å². The molecular weight excluding hydrogens is 578 g/mol. The fourth-order valence-corrected chi connectivity index (χ4v) is 10.1. The van der Waals surface area contributed by atoms with Crippen molar-refractivity contribution >= 4 is 27.5 Å². The number of sulfonamides is 1. The van der Waals surface area contributed by atoms with Gasteiger partial charge in [0, 0.05) is 43.2 Å². The first-order valence-electron chi connectivity index (χ1n) is 16.4. The third kappa shape index (κ3) is 7.49. The van der Waals surface area contributed by atoms with Gasteiger partial charge in [0.2, 0.25) is 15.9 Å². The number of amides is 1. The number of benzene rings is 2. The number of nitrogens with zero attached hydrogens (tertiary/aromatic N) is 3. The van der Waals surface area contributed by atoms with Crippen molar-refractivity contribution in [2.45, 2.75) is 107 Å². The number of hydrogen-bond donors (Lipinski definition) is 0. The summed E-state index contributed by atoms with van der Waals surface area (Å²) in [7, 11) is -1.73. The Morgan fingerprint density at radius 3 is 2.33 bits per heavy atom. The maximum Gasteiger partial charge on any atom is 0.243 e. The SMILES string of the molecule is Cc1cc(S(=O)(=O)N2CCCCC2CCC(=O)N(C)CC2CCC(Cc3ccccc3)(N3CCCC3)CC2)c(C)cc1Cl. The van der Waals surface area contributed by atoms with E-state index in [-0.39, 0.29) is 17.5 Å². The first-order valence-corrected chi connectivity index (χ1v) is 18.2. The van der Waals surface area contributed by atoms with Gasteiger partial charge in [-0.25, -0.2) is 8.42 Å². The average molecular weight is 628 g/mol. The Hall–Kier alpha value is -1.93. The third-order valence-corrected chi connectivity index (χ3v) is 13.0. The highest BCUT2D eigenvalue weighted by molar-refractivity contribution is 7.89. The monoisotopic (exact) mass is 627 g/mol. The van der Waals surface area contributed by atoms with Gasteiger partial charge in [0.05, 0.1) is 4.90 Å². The Kier molecular flexibility index (Phi) is 10.6. The fraction of sp³-hybridized carbons (Fsp3) is 0.629. The van der Waals surface area contributed by atoms with Crippen LogP contribution in [0, 0.1) is 19.8 Å². The minimum absolute atomic E-state index is 0.127. The molecule has 3 aliphatic rings. The van der Waals surface area contributed by atoms with E-state index >= 15 is 0 Å². The van der Waals surface area contributed by atoms with Gasteiger partial charge in [0.1, 0.15) is 0 Å². The van der Waals surface area contributed by atoms with Crippen LogP contribution in [0.2, 0.25) is 5.02 Å². The van der Waals surface area contributed by atoms with E-state index in [1.54, 1.807) is 23.4 Å². The summed E-state index contributed by atoms with van der Waals surface area (Å²) in [6, 6.07) is 14.2. The molecule has 0 spiro atoms. The lowest BCUT2D eigenvalue weighted by Crippen LogP contribution is -2.52. The van der Waals surface area contributed by atoms with Gasteiger partial charge in [-0.1, -0.05) is 48.4 Å². The van der Waals surface area contributed by atoms with E-state index in [2.05, 4.69) is 35.2 Å². The first-order chi connectivity index (χ1) is 20.6. The summed E-state index contributed by atoms with van der Waals surface area (Å²) in [6.45, 7) is 7.35. The number of carbonyl (C=O) groups is 1. The van der Waals surface area contributed by atoms with Crippen LogP contribution in [0.3, 0.4) is 0 Å². The van der Waals surface area contributed by atoms with Crippen molar-refractivity contribution in [2.24, 2.45) is 5.92 Å². The molecule has 5 rings (SSSR count). The third-order valence-electron chi connectivity index (χ3n) is 10.5. The van der Waals surface area contributed by atoms with Crippen molar-refractivity contribution in [3.63, 3.8) is 0 Å². The molecule has 6 nitrogen and oxygen atoms in total. The largest absolute Gasteiger partial charge is 0.345 e. The van der Waals surface area contributed by atoms with Crippen LogP contribution >= 0.6 is 11.6 Å². The molecular formula is C35H50ClN3O3S. The van der Waals surface area contributed by atoms with Gasteiger partial charge in [-0.2, -0.15) is 4.31 Å². The van der Waals surface area contributed by atoms with Crippen LogP contribution in [-0.2, 0) is 21.2 Å². The topological polar surface area (TPSA) is 60.9 Å². The zero-order valence-corrected chi connectivity index (χ0v) is 27.9. The number of aryl methyl sites for hydroxylation is 2. The van der Waals surface area contributed by atoms with Gasteiger partial charge in [0.15, 0.2) is 0 Å². The summed E-state index contributed by atoms with van der Waals surface area (Å²) in [4.78, 5) is 18.3. The normalized spacial score (nSPS) is 25.6. The van der Waals surface area contributed by atoms with Crippen molar-refractivity contribution in [3.05, 3.63) is 64.2 Å². The molecule has 2 aromatic carbocycles. The quantitative estimate of drug-likeness (QED) is 0.284. The average Bonchev–Trinajstić information content (AvgIpc) is 3.55. The molecule has 1 unspecified atom stereocenters. The van der Waals surface area contributed by atoms with Crippen molar-refractivity contribution in [3.8, 4) is 0 Å². The fourth-order valence-electron chi connectivity index (χ4n) is 7.88. The van der Waals surface area contributed by atoms with Gasteiger partial charge >= 0.3 is 0 Å². The molecule has 0 N–H and O–H groups in total. The number of halogens is 1. The molecule has 8 heteroatoms. The molecule has 2 aromatic rings. The number of likely N-dealkylation sites (tertiary alicyclic amines) is 1. The second kappa shape index (κ2) is 14.0. The molecule has 1 atom stereocenters. The zero-order valence-electron chi connectivity index (χ0n) is 26.4. The summed E-state index contributed by atoms with van der Waals surface area (Å²) >= 11 is 6.26. The number of carbonyl (C=O) groups excluding carboxylic acids is 1. The van der Waals surface area contributed by atoms with Gasteiger partial charge in [-0.15, -0.1) is 0 Å². The number of hydrogen-bond acceptors (Lipinski definition) is 4. The minimum Gasteiger partial charge on any atom is -0.345 e. The Bertz CT molecular complexity index is 1350. The van der Waals surface area contributed by atoms with Gasteiger partial charge in [0.25, 0.3) is 0 Å².